The third-order valence-electron chi connectivity index (χ3n) is 3.17. The molecule has 2 nitrogen and oxygen atoms in total. The zero-order chi connectivity index (χ0) is 14.7. The van der Waals surface area contributed by atoms with E-state index in [0.717, 1.165) is 0 Å². The second kappa shape index (κ2) is 6.01. The SMILES string of the molecule is CCN(c1cccc(F)c1)c1cccc(F)c1C(C)O. The van der Waals surface area contributed by atoms with Crippen molar-refractivity contribution in [1.82, 2.24) is 0 Å². The number of anilines is 2. The molecule has 0 aliphatic carbocycles. The van der Waals surface area contributed by atoms with Crippen molar-refractivity contribution < 1.29 is 13.9 Å². The van der Waals surface area contributed by atoms with Crippen molar-refractivity contribution >= 4 is 11.4 Å². The zero-order valence-electron chi connectivity index (χ0n) is 11.5. The van der Waals surface area contributed by atoms with Crippen molar-refractivity contribution in [3.8, 4) is 0 Å². The number of rotatable bonds is 4. The Balaban J connectivity index is 2.55. The summed E-state index contributed by atoms with van der Waals surface area (Å²) in [5, 5.41) is 9.79. The topological polar surface area (TPSA) is 23.5 Å². The first-order chi connectivity index (χ1) is 9.54. The maximum atomic E-state index is 13.9. The van der Waals surface area contributed by atoms with E-state index >= 15 is 0 Å². The maximum absolute atomic E-state index is 13.9. The monoisotopic (exact) mass is 277 g/mol. The largest absolute Gasteiger partial charge is 0.389 e. The molecule has 2 rings (SSSR count). The van der Waals surface area contributed by atoms with Gasteiger partial charge in [0.1, 0.15) is 11.6 Å². The Hall–Kier alpha value is -1.94. The van der Waals surface area contributed by atoms with Crippen LogP contribution in [0.15, 0.2) is 42.5 Å². The van der Waals surface area contributed by atoms with E-state index in [2.05, 4.69) is 0 Å². The molecule has 1 unspecified atom stereocenters. The number of halogens is 2. The van der Waals surface area contributed by atoms with Crippen LogP contribution in [-0.2, 0) is 0 Å². The van der Waals surface area contributed by atoms with Crippen LogP contribution < -0.4 is 4.90 Å². The van der Waals surface area contributed by atoms with E-state index in [9.17, 15) is 13.9 Å². The predicted octanol–water partition coefficient (Wildman–Crippen LogP) is 4.18. The summed E-state index contributed by atoms with van der Waals surface area (Å²) < 4.78 is 27.3. The van der Waals surface area contributed by atoms with Gasteiger partial charge in [0.15, 0.2) is 0 Å². The summed E-state index contributed by atoms with van der Waals surface area (Å²) in [6.45, 7) is 3.94. The van der Waals surface area contributed by atoms with Crippen LogP contribution in [0.25, 0.3) is 0 Å². The van der Waals surface area contributed by atoms with Gasteiger partial charge in [-0.25, -0.2) is 8.78 Å². The summed E-state index contributed by atoms with van der Waals surface area (Å²) >= 11 is 0. The number of hydrogen-bond acceptors (Lipinski definition) is 2. The molecule has 106 valence electrons. The molecule has 2 aromatic rings. The summed E-state index contributed by atoms with van der Waals surface area (Å²) in [5.74, 6) is -0.816. The molecular formula is C16H17F2NO. The van der Waals surface area contributed by atoms with Gasteiger partial charge in [-0.3, -0.25) is 0 Å². The minimum absolute atomic E-state index is 0.221. The van der Waals surface area contributed by atoms with Gasteiger partial charge >= 0.3 is 0 Å². The number of hydrogen-bond donors (Lipinski definition) is 1. The number of aliphatic hydroxyl groups excluding tert-OH is 1. The second-order valence-corrected chi connectivity index (χ2v) is 4.57. The van der Waals surface area contributed by atoms with Crippen molar-refractivity contribution in [2.24, 2.45) is 0 Å². The lowest BCUT2D eigenvalue weighted by atomic mass is 10.1. The van der Waals surface area contributed by atoms with E-state index in [4.69, 9.17) is 0 Å². The molecule has 4 heteroatoms. The number of aliphatic hydroxyl groups is 1. The van der Waals surface area contributed by atoms with Gasteiger partial charge in [-0.15, -0.1) is 0 Å². The van der Waals surface area contributed by atoms with Crippen LogP contribution in [0.2, 0.25) is 0 Å². The summed E-state index contributed by atoms with van der Waals surface area (Å²) in [7, 11) is 0. The molecule has 0 amide bonds. The highest BCUT2D eigenvalue weighted by Crippen LogP contribution is 2.33. The lowest BCUT2D eigenvalue weighted by Crippen LogP contribution is -2.19. The lowest BCUT2D eigenvalue weighted by molar-refractivity contribution is 0.194. The molecule has 1 atom stereocenters. The predicted molar refractivity (Wildman–Crippen MR) is 76.1 cm³/mol. The van der Waals surface area contributed by atoms with Crippen molar-refractivity contribution in [1.29, 1.82) is 0 Å². The van der Waals surface area contributed by atoms with Crippen molar-refractivity contribution in [3.63, 3.8) is 0 Å². The van der Waals surface area contributed by atoms with E-state index in [1.165, 1.54) is 25.1 Å². The molecule has 1 N–H and O–H groups in total. The molecule has 0 bridgehead atoms. The van der Waals surface area contributed by atoms with Crippen LogP contribution >= 0.6 is 0 Å². The molecule has 0 radical (unpaired) electrons. The molecule has 0 saturated heterocycles. The molecule has 0 saturated carbocycles. The van der Waals surface area contributed by atoms with Crippen LogP contribution in [0, 0.1) is 11.6 Å². The molecule has 0 fully saturated rings. The fourth-order valence-electron chi connectivity index (χ4n) is 2.31. The maximum Gasteiger partial charge on any atom is 0.131 e. The minimum Gasteiger partial charge on any atom is -0.389 e. The van der Waals surface area contributed by atoms with Gasteiger partial charge in [0.05, 0.1) is 6.10 Å². The fraction of sp³-hybridized carbons (Fsp3) is 0.250. The Bertz CT molecular complexity index is 599. The van der Waals surface area contributed by atoms with Crippen LogP contribution in [-0.4, -0.2) is 11.7 Å². The summed E-state index contributed by atoms with van der Waals surface area (Å²) in [6.07, 6.45) is -0.936. The third-order valence-corrected chi connectivity index (χ3v) is 3.17. The van der Waals surface area contributed by atoms with Crippen LogP contribution in [0.5, 0.6) is 0 Å². The first-order valence-corrected chi connectivity index (χ1v) is 6.54. The van der Waals surface area contributed by atoms with Gasteiger partial charge in [0.25, 0.3) is 0 Å². The van der Waals surface area contributed by atoms with Gasteiger partial charge in [-0.05, 0) is 44.2 Å². The van der Waals surface area contributed by atoms with Gasteiger partial charge in [-0.2, -0.15) is 0 Å². The quantitative estimate of drug-likeness (QED) is 0.906. The number of benzene rings is 2. The zero-order valence-corrected chi connectivity index (χ0v) is 11.5. The van der Waals surface area contributed by atoms with Gasteiger partial charge < -0.3 is 10.0 Å². The van der Waals surface area contributed by atoms with Gasteiger partial charge in [0.2, 0.25) is 0 Å². The summed E-state index contributed by atoms with van der Waals surface area (Å²) in [5.41, 5.74) is 1.40. The van der Waals surface area contributed by atoms with Gasteiger partial charge in [0, 0.05) is 23.5 Å². The van der Waals surface area contributed by atoms with Crippen LogP contribution in [0.1, 0.15) is 25.5 Å². The minimum atomic E-state index is -0.936. The second-order valence-electron chi connectivity index (χ2n) is 4.57. The molecule has 2 aromatic carbocycles. The van der Waals surface area contributed by atoms with Crippen molar-refractivity contribution in [2.45, 2.75) is 20.0 Å². The van der Waals surface area contributed by atoms with E-state index in [1.54, 1.807) is 29.2 Å². The molecule has 0 aliphatic rings. The molecule has 20 heavy (non-hydrogen) atoms. The van der Waals surface area contributed by atoms with E-state index in [1.807, 2.05) is 6.92 Å². The highest BCUT2D eigenvalue weighted by atomic mass is 19.1. The molecule has 0 aliphatic heterocycles. The average Bonchev–Trinajstić information content (AvgIpc) is 2.39. The first kappa shape index (κ1) is 14.5. The molecule has 0 aromatic heterocycles. The Morgan fingerprint density at radius 3 is 2.45 bits per heavy atom. The Morgan fingerprint density at radius 2 is 1.85 bits per heavy atom. The third kappa shape index (κ3) is 2.80. The van der Waals surface area contributed by atoms with Crippen LogP contribution in [0.4, 0.5) is 20.2 Å². The Labute approximate surface area is 117 Å². The standard InChI is InChI=1S/C16H17F2NO/c1-3-19(13-7-4-6-12(17)10-13)15-9-5-8-14(18)16(15)11(2)20/h4-11,20H,3H2,1-2H3. The summed E-state index contributed by atoms with van der Waals surface area (Å²) in [6, 6.07) is 10.7. The molecular weight excluding hydrogens is 260 g/mol. The first-order valence-electron chi connectivity index (χ1n) is 6.54. The van der Waals surface area contributed by atoms with E-state index in [-0.39, 0.29) is 11.4 Å². The highest BCUT2D eigenvalue weighted by Gasteiger charge is 2.18. The smallest absolute Gasteiger partial charge is 0.131 e. The van der Waals surface area contributed by atoms with Crippen LogP contribution in [0.3, 0.4) is 0 Å². The van der Waals surface area contributed by atoms with Gasteiger partial charge in [-0.1, -0.05) is 12.1 Å². The fourth-order valence-corrected chi connectivity index (χ4v) is 2.31. The average molecular weight is 277 g/mol. The summed E-state index contributed by atoms with van der Waals surface area (Å²) in [4.78, 5) is 1.77. The lowest BCUT2D eigenvalue weighted by Gasteiger charge is -2.27. The normalized spacial score (nSPS) is 12.2. The van der Waals surface area contributed by atoms with Crippen molar-refractivity contribution in [3.05, 3.63) is 59.7 Å². The van der Waals surface area contributed by atoms with Crippen molar-refractivity contribution in [2.75, 3.05) is 11.4 Å². The molecule has 0 spiro atoms. The Kier molecular flexibility index (Phi) is 4.35. The Morgan fingerprint density at radius 1 is 1.15 bits per heavy atom. The van der Waals surface area contributed by atoms with E-state index in [0.29, 0.717) is 17.9 Å². The molecule has 0 heterocycles. The highest BCUT2D eigenvalue weighted by molar-refractivity contribution is 5.67. The number of nitrogens with zero attached hydrogens (tertiary/aromatic N) is 1. The van der Waals surface area contributed by atoms with E-state index < -0.39 is 11.9 Å².